The lowest BCUT2D eigenvalue weighted by atomic mass is 9.97. The van der Waals surface area contributed by atoms with Crippen LogP contribution in [0.15, 0.2) is 48.0 Å². The van der Waals surface area contributed by atoms with Crippen LogP contribution in [0.5, 0.6) is 0 Å². The molecule has 174 valence electrons. The van der Waals surface area contributed by atoms with Gasteiger partial charge in [-0.1, -0.05) is 29.8 Å². The zero-order valence-corrected chi connectivity index (χ0v) is 20.8. The number of hydrogen-bond donors (Lipinski definition) is 1. The molecular formula is C25H29N3O3S2. The van der Waals surface area contributed by atoms with Crippen LogP contribution < -0.4 is 5.32 Å². The molecule has 3 aromatic rings. The highest BCUT2D eigenvalue weighted by atomic mass is 32.2. The average Bonchev–Trinajstić information content (AvgIpc) is 3.21. The number of carbonyl (C=O) groups is 1. The Balaban J connectivity index is 1.56. The quantitative estimate of drug-likeness (QED) is 0.574. The Labute approximate surface area is 199 Å². The van der Waals surface area contributed by atoms with Gasteiger partial charge in [-0.05, 0) is 55.7 Å². The topological polar surface area (TPSA) is 79.4 Å². The number of nitrogens with one attached hydrogen (secondary N) is 1. The highest BCUT2D eigenvalue weighted by molar-refractivity contribution is 7.91. The molecule has 1 saturated heterocycles. The van der Waals surface area contributed by atoms with Crippen molar-refractivity contribution in [2.75, 3.05) is 31.1 Å². The van der Waals surface area contributed by atoms with Crippen molar-refractivity contribution in [1.29, 1.82) is 0 Å². The van der Waals surface area contributed by atoms with Crippen molar-refractivity contribution in [2.24, 2.45) is 0 Å². The summed E-state index contributed by atoms with van der Waals surface area (Å²) < 4.78 is 23.3. The Kier molecular flexibility index (Phi) is 6.97. The molecule has 1 atom stereocenters. The van der Waals surface area contributed by atoms with Gasteiger partial charge in [-0.2, -0.15) is 0 Å². The fourth-order valence-electron chi connectivity index (χ4n) is 4.05. The van der Waals surface area contributed by atoms with Crippen molar-refractivity contribution in [3.63, 3.8) is 0 Å². The molecule has 0 spiro atoms. The van der Waals surface area contributed by atoms with Crippen LogP contribution in [-0.4, -0.2) is 61.4 Å². The lowest BCUT2D eigenvalue weighted by Gasteiger charge is -2.29. The minimum atomic E-state index is -2.91. The molecule has 0 unspecified atom stereocenters. The summed E-state index contributed by atoms with van der Waals surface area (Å²) in [5.74, 6) is 0.234. The zero-order valence-electron chi connectivity index (χ0n) is 19.2. The molecular weight excluding hydrogens is 454 g/mol. The number of aryl methyl sites for hydroxylation is 2. The van der Waals surface area contributed by atoms with E-state index in [0.717, 1.165) is 27.3 Å². The lowest BCUT2D eigenvalue weighted by Crippen LogP contribution is -2.47. The summed E-state index contributed by atoms with van der Waals surface area (Å²) in [5.41, 5.74) is 7.58. The van der Waals surface area contributed by atoms with Gasteiger partial charge in [0.1, 0.15) is 0 Å². The van der Waals surface area contributed by atoms with Crippen molar-refractivity contribution in [3.8, 4) is 21.6 Å². The van der Waals surface area contributed by atoms with Gasteiger partial charge in [0.2, 0.25) is 0 Å². The minimum absolute atomic E-state index is 0.102. The maximum Gasteiger partial charge on any atom is 0.251 e. The lowest BCUT2D eigenvalue weighted by molar-refractivity contribution is 0.0930. The van der Waals surface area contributed by atoms with E-state index in [0.29, 0.717) is 25.2 Å². The molecule has 1 amide bonds. The third kappa shape index (κ3) is 5.88. The monoisotopic (exact) mass is 483 g/mol. The van der Waals surface area contributed by atoms with Gasteiger partial charge in [-0.15, -0.1) is 11.3 Å². The van der Waals surface area contributed by atoms with Crippen LogP contribution in [0.2, 0.25) is 0 Å². The molecule has 0 aliphatic carbocycles. The molecule has 1 N–H and O–H groups in total. The number of thiazole rings is 1. The minimum Gasteiger partial charge on any atom is -0.348 e. The van der Waals surface area contributed by atoms with Crippen LogP contribution in [0, 0.1) is 13.8 Å². The Morgan fingerprint density at radius 3 is 2.36 bits per heavy atom. The molecule has 0 bridgehead atoms. The first-order valence-corrected chi connectivity index (χ1v) is 13.8. The van der Waals surface area contributed by atoms with E-state index < -0.39 is 9.84 Å². The zero-order chi connectivity index (χ0) is 23.6. The molecule has 0 radical (unpaired) electrons. The van der Waals surface area contributed by atoms with Crippen LogP contribution in [0.4, 0.5) is 0 Å². The summed E-state index contributed by atoms with van der Waals surface area (Å²) in [6, 6.07) is 14.1. The summed E-state index contributed by atoms with van der Waals surface area (Å²) in [6.45, 7) is 7.64. The van der Waals surface area contributed by atoms with Gasteiger partial charge >= 0.3 is 0 Å². The van der Waals surface area contributed by atoms with E-state index in [2.05, 4.69) is 52.5 Å². The van der Waals surface area contributed by atoms with E-state index in [9.17, 15) is 13.2 Å². The second-order valence-corrected chi connectivity index (χ2v) is 11.9. The van der Waals surface area contributed by atoms with Gasteiger partial charge in [-0.25, -0.2) is 13.4 Å². The molecule has 1 aliphatic rings. The summed E-state index contributed by atoms with van der Waals surface area (Å²) in [6.07, 6.45) is 0. The van der Waals surface area contributed by atoms with E-state index in [4.69, 9.17) is 0 Å². The number of benzene rings is 2. The standard InChI is InChI=1S/C25H29N3O3S2/c1-17-4-6-20(7-5-17)21-12-22(24-19(3)26-16-32-24)14-23(13-21)25(29)27-18(2)15-28-8-10-33(30,31)11-9-28/h4-7,12-14,16,18H,8-11,15H2,1-3H3,(H,27,29)/t18-/m1/s1. The van der Waals surface area contributed by atoms with Crippen LogP contribution in [-0.2, 0) is 9.84 Å². The number of sulfone groups is 1. The predicted octanol–water partition coefficient (Wildman–Crippen LogP) is 3.94. The molecule has 2 aromatic carbocycles. The predicted molar refractivity (Wildman–Crippen MR) is 134 cm³/mol. The van der Waals surface area contributed by atoms with Gasteiger partial charge in [0, 0.05) is 31.2 Å². The summed E-state index contributed by atoms with van der Waals surface area (Å²) >= 11 is 1.57. The first-order chi connectivity index (χ1) is 15.7. The van der Waals surface area contributed by atoms with Gasteiger partial charge in [0.05, 0.1) is 27.6 Å². The smallest absolute Gasteiger partial charge is 0.251 e. The molecule has 1 fully saturated rings. The van der Waals surface area contributed by atoms with Crippen molar-refractivity contribution in [2.45, 2.75) is 26.8 Å². The molecule has 2 heterocycles. The van der Waals surface area contributed by atoms with Crippen LogP contribution >= 0.6 is 11.3 Å². The highest BCUT2D eigenvalue weighted by Crippen LogP contribution is 2.32. The van der Waals surface area contributed by atoms with Crippen molar-refractivity contribution in [1.82, 2.24) is 15.2 Å². The van der Waals surface area contributed by atoms with E-state index in [1.807, 2.05) is 31.5 Å². The van der Waals surface area contributed by atoms with E-state index in [1.165, 1.54) is 5.56 Å². The summed E-state index contributed by atoms with van der Waals surface area (Å²) in [4.78, 5) is 20.7. The number of hydrogen-bond acceptors (Lipinski definition) is 6. The normalized spacial score (nSPS) is 16.9. The van der Waals surface area contributed by atoms with Gasteiger partial charge < -0.3 is 5.32 Å². The Morgan fingerprint density at radius 1 is 1.06 bits per heavy atom. The molecule has 8 heteroatoms. The number of amides is 1. The Bertz CT molecular complexity index is 1240. The Hall–Kier alpha value is -2.55. The molecule has 6 nitrogen and oxygen atoms in total. The molecule has 1 aliphatic heterocycles. The first-order valence-electron chi connectivity index (χ1n) is 11.1. The van der Waals surface area contributed by atoms with E-state index in [1.54, 1.807) is 11.3 Å². The number of rotatable bonds is 6. The number of aromatic nitrogens is 1. The maximum absolute atomic E-state index is 13.2. The molecule has 1 aromatic heterocycles. The highest BCUT2D eigenvalue weighted by Gasteiger charge is 2.23. The largest absolute Gasteiger partial charge is 0.348 e. The van der Waals surface area contributed by atoms with Crippen molar-refractivity contribution >= 4 is 27.1 Å². The van der Waals surface area contributed by atoms with Gasteiger partial charge in [-0.3, -0.25) is 9.69 Å². The number of carbonyl (C=O) groups excluding carboxylic acids is 1. The third-order valence-corrected chi connectivity index (χ3v) is 8.52. The van der Waals surface area contributed by atoms with Gasteiger partial charge in [0.15, 0.2) is 9.84 Å². The second kappa shape index (κ2) is 9.75. The van der Waals surface area contributed by atoms with Crippen molar-refractivity contribution < 1.29 is 13.2 Å². The SMILES string of the molecule is Cc1ccc(-c2cc(C(=O)N[C@H](C)CN3CCS(=O)(=O)CC3)cc(-c3scnc3C)c2)cc1. The Morgan fingerprint density at radius 2 is 1.73 bits per heavy atom. The molecule has 0 saturated carbocycles. The molecule has 4 rings (SSSR count). The fourth-order valence-corrected chi connectivity index (χ4v) is 6.12. The maximum atomic E-state index is 13.2. The first kappa shape index (κ1) is 23.6. The van der Waals surface area contributed by atoms with Crippen LogP contribution in [0.25, 0.3) is 21.6 Å². The second-order valence-electron chi connectivity index (χ2n) is 8.76. The summed E-state index contributed by atoms with van der Waals surface area (Å²) in [7, 11) is -2.91. The number of nitrogens with zero attached hydrogens (tertiary/aromatic N) is 2. The van der Waals surface area contributed by atoms with Crippen molar-refractivity contribution in [3.05, 3.63) is 64.8 Å². The van der Waals surface area contributed by atoms with E-state index >= 15 is 0 Å². The van der Waals surface area contributed by atoms with Crippen LogP contribution in [0.1, 0.15) is 28.5 Å². The van der Waals surface area contributed by atoms with E-state index in [-0.39, 0.29) is 23.5 Å². The fraction of sp³-hybridized carbons (Fsp3) is 0.360. The van der Waals surface area contributed by atoms with Crippen LogP contribution in [0.3, 0.4) is 0 Å². The third-order valence-electron chi connectivity index (χ3n) is 5.93. The summed E-state index contributed by atoms with van der Waals surface area (Å²) in [5, 5.41) is 3.10. The van der Waals surface area contributed by atoms with Gasteiger partial charge in [0.25, 0.3) is 5.91 Å². The average molecular weight is 484 g/mol. The molecule has 33 heavy (non-hydrogen) atoms.